The van der Waals surface area contributed by atoms with Gasteiger partial charge in [0.2, 0.25) is 0 Å². The molecule has 4 nitrogen and oxygen atoms in total. The number of aromatic nitrogens is 2. The lowest BCUT2D eigenvalue weighted by Crippen LogP contribution is -1.99. The van der Waals surface area contributed by atoms with E-state index < -0.39 is 0 Å². The highest BCUT2D eigenvalue weighted by molar-refractivity contribution is 5.44. The van der Waals surface area contributed by atoms with E-state index >= 15 is 0 Å². The van der Waals surface area contributed by atoms with E-state index in [0.717, 1.165) is 23.5 Å². The molecule has 2 aromatic rings. The van der Waals surface area contributed by atoms with Crippen LogP contribution in [0.15, 0.2) is 36.8 Å². The third-order valence-corrected chi connectivity index (χ3v) is 2.39. The van der Waals surface area contributed by atoms with Crippen LogP contribution in [0.25, 0.3) is 0 Å². The standard InChI is InChI=1S/C12H15N3O/c16-6-5-10-1-3-11(4-2-10)14-8-12-7-13-9-15-12/h1-4,7,9,14,16H,5-6,8H2,(H,13,15). The van der Waals surface area contributed by atoms with Gasteiger partial charge in [0.25, 0.3) is 0 Å². The summed E-state index contributed by atoms with van der Waals surface area (Å²) in [5, 5.41) is 12.1. The van der Waals surface area contributed by atoms with Gasteiger partial charge < -0.3 is 15.4 Å². The van der Waals surface area contributed by atoms with Crippen LogP contribution in [0.5, 0.6) is 0 Å². The third kappa shape index (κ3) is 2.84. The van der Waals surface area contributed by atoms with Crippen LogP contribution in [-0.2, 0) is 13.0 Å². The first-order chi connectivity index (χ1) is 7.88. The van der Waals surface area contributed by atoms with Gasteiger partial charge in [0.1, 0.15) is 0 Å². The van der Waals surface area contributed by atoms with Crippen molar-refractivity contribution in [1.29, 1.82) is 0 Å². The second-order valence-corrected chi connectivity index (χ2v) is 3.60. The van der Waals surface area contributed by atoms with Gasteiger partial charge in [-0.25, -0.2) is 4.98 Å². The van der Waals surface area contributed by atoms with Crippen molar-refractivity contribution in [3.8, 4) is 0 Å². The zero-order chi connectivity index (χ0) is 11.2. The molecule has 0 bridgehead atoms. The molecule has 2 rings (SSSR count). The molecule has 0 saturated carbocycles. The molecule has 84 valence electrons. The second kappa shape index (κ2) is 5.32. The Morgan fingerprint density at radius 2 is 2.06 bits per heavy atom. The van der Waals surface area contributed by atoms with Crippen molar-refractivity contribution in [2.24, 2.45) is 0 Å². The fraction of sp³-hybridized carbons (Fsp3) is 0.250. The Morgan fingerprint density at radius 3 is 2.69 bits per heavy atom. The number of nitrogens with one attached hydrogen (secondary N) is 2. The van der Waals surface area contributed by atoms with Gasteiger partial charge in [-0.15, -0.1) is 0 Å². The number of imidazole rings is 1. The molecule has 0 fully saturated rings. The van der Waals surface area contributed by atoms with E-state index in [1.165, 1.54) is 0 Å². The zero-order valence-electron chi connectivity index (χ0n) is 8.98. The summed E-state index contributed by atoms with van der Waals surface area (Å²) in [4.78, 5) is 6.98. The van der Waals surface area contributed by atoms with Gasteiger partial charge in [-0.1, -0.05) is 12.1 Å². The summed E-state index contributed by atoms with van der Waals surface area (Å²) in [7, 11) is 0. The van der Waals surface area contributed by atoms with Crippen molar-refractivity contribution in [1.82, 2.24) is 9.97 Å². The summed E-state index contributed by atoms with van der Waals surface area (Å²) >= 11 is 0. The average Bonchev–Trinajstić information content (AvgIpc) is 2.82. The minimum atomic E-state index is 0.195. The molecule has 1 aromatic carbocycles. The first-order valence-corrected chi connectivity index (χ1v) is 5.29. The second-order valence-electron chi connectivity index (χ2n) is 3.60. The highest BCUT2D eigenvalue weighted by Crippen LogP contribution is 2.10. The summed E-state index contributed by atoms with van der Waals surface area (Å²) in [5.41, 5.74) is 3.27. The average molecular weight is 217 g/mol. The largest absolute Gasteiger partial charge is 0.396 e. The number of aromatic amines is 1. The lowest BCUT2D eigenvalue weighted by atomic mass is 10.1. The fourth-order valence-corrected chi connectivity index (χ4v) is 1.50. The van der Waals surface area contributed by atoms with E-state index in [2.05, 4.69) is 15.3 Å². The number of anilines is 1. The first kappa shape index (κ1) is 10.7. The Bertz CT molecular complexity index is 408. The Morgan fingerprint density at radius 1 is 1.25 bits per heavy atom. The van der Waals surface area contributed by atoms with E-state index in [0.29, 0.717) is 6.42 Å². The SMILES string of the molecule is OCCc1ccc(NCc2cnc[nH]2)cc1. The van der Waals surface area contributed by atoms with Crippen molar-refractivity contribution >= 4 is 5.69 Å². The van der Waals surface area contributed by atoms with E-state index in [9.17, 15) is 0 Å². The van der Waals surface area contributed by atoms with Gasteiger partial charge in [-0.3, -0.25) is 0 Å². The Kier molecular flexibility index (Phi) is 3.56. The molecule has 16 heavy (non-hydrogen) atoms. The van der Waals surface area contributed by atoms with E-state index in [-0.39, 0.29) is 6.61 Å². The number of benzene rings is 1. The van der Waals surface area contributed by atoms with Crippen LogP contribution in [0, 0.1) is 0 Å². The Balaban J connectivity index is 1.90. The monoisotopic (exact) mass is 217 g/mol. The quantitative estimate of drug-likeness (QED) is 0.712. The maximum atomic E-state index is 8.79. The predicted molar refractivity (Wildman–Crippen MR) is 63.1 cm³/mol. The van der Waals surface area contributed by atoms with E-state index in [4.69, 9.17) is 5.11 Å². The van der Waals surface area contributed by atoms with Crippen molar-refractivity contribution < 1.29 is 5.11 Å². The third-order valence-electron chi connectivity index (χ3n) is 2.39. The van der Waals surface area contributed by atoms with Gasteiger partial charge >= 0.3 is 0 Å². The summed E-state index contributed by atoms with van der Waals surface area (Å²) in [6.07, 6.45) is 4.18. The fourth-order valence-electron chi connectivity index (χ4n) is 1.50. The topological polar surface area (TPSA) is 60.9 Å². The molecular formula is C12H15N3O. The zero-order valence-corrected chi connectivity index (χ0v) is 8.98. The van der Waals surface area contributed by atoms with E-state index in [1.807, 2.05) is 24.3 Å². The molecule has 0 spiro atoms. The Hall–Kier alpha value is -1.81. The van der Waals surface area contributed by atoms with Gasteiger partial charge in [0, 0.05) is 18.5 Å². The van der Waals surface area contributed by atoms with E-state index in [1.54, 1.807) is 12.5 Å². The molecule has 1 heterocycles. The first-order valence-electron chi connectivity index (χ1n) is 5.29. The molecule has 0 aliphatic rings. The predicted octanol–water partition coefficient (Wildman–Crippen LogP) is 1.56. The number of aliphatic hydroxyl groups is 1. The molecule has 0 atom stereocenters. The maximum Gasteiger partial charge on any atom is 0.0922 e. The summed E-state index contributed by atoms with van der Waals surface area (Å²) in [6, 6.07) is 8.07. The molecule has 3 N–H and O–H groups in total. The minimum absolute atomic E-state index is 0.195. The summed E-state index contributed by atoms with van der Waals surface area (Å²) in [6.45, 7) is 0.931. The van der Waals surface area contributed by atoms with Crippen molar-refractivity contribution in [3.05, 3.63) is 48.0 Å². The number of hydrogen-bond donors (Lipinski definition) is 3. The normalized spacial score (nSPS) is 10.3. The molecule has 0 aliphatic carbocycles. The molecular weight excluding hydrogens is 202 g/mol. The van der Waals surface area contributed by atoms with Crippen molar-refractivity contribution in [2.75, 3.05) is 11.9 Å². The minimum Gasteiger partial charge on any atom is -0.396 e. The number of rotatable bonds is 5. The number of nitrogens with zero attached hydrogens (tertiary/aromatic N) is 1. The van der Waals surface area contributed by atoms with Crippen LogP contribution < -0.4 is 5.32 Å². The van der Waals surface area contributed by atoms with Crippen molar-refractivity contribution in [2.45, 2.75) is 13.0 Å². The number of hydrogen-bond acceptors (Lipinski definition) is 3. The van der Waals surface area contributed by atoms with Crippen LogP contribution in [-0.4, -0.2) is 21.7 Å². The molecule has 0 radical (unpaired) electrons. The molecule has 0 aliphatic heterocycles. The van der Waals surface area contributed by atoms with Gasteiger partial charge in [0.05, 0.1) is 18.6 Å². The molecule has 1 aromatic heterocycles. The highest BCUT2D eigenvalue weighted by Gasteiger charge is 1.95. The van der Waals surface area contributed by atoms with Crippen LogP contribution in [0.2, 0.25) is 0 Å². The molecule has 4 heteroatoms. The smallest absolute Gasteiger partial charge is 0.0922 e. The summed E-state index contributed by atoms with van der Waals surface area (Å²) < 4.78 is 0. The molecule has 0 unspecified atom stereocenters. The van der Waals surface area contributed by atoms with Gasteiger partial charge in [0.15, 0.2) is 0 Å². The highest BCUT2D eigenvalue weighted by atomic mass is 16.2. The van der Waals surface area contributed by atoms with Gasteiger partial charge in [-0.05, 0) is 24.1 Å². The number of aliphatic hydroxyl groups excluding tert-OH is 1. The van der Waals surface area contributed by atoms with Crippen LogP contribution in [0.3, 0.4) is 0 Å². The molecule has 0 amide bonds. The Labute approximate surface area is 94.4 Å². The van der Waals surface area contributed by atoms with Crippen LogP contribution in [0.4, 0.5) is 5.69 Å². The number of H-pyrrole nitrogens is 1. The summed E-state index contributed by atoms with van der Waals surface area (Å²) in [5.74, 6) is 0. The molecule has 0 saturated heterocycles. The van der Waals surface area contributed by atoms with Gasteiger partial charge in [-0.2, -0.15) is 0 Å². The van der Waals surface area contributed by atoms with Crippen LogP contribution >= 0.6 is 0 Å². The lowest BCUT2D eigenvalue weighted by Gasteiger charge is -2.05. The van der Waals surface area contributed by atoms with Crippen LogP contribution in [0.1, 0.15) is 11.3 Å². The maximum absolute atomic E-state index is 8.79. The lowest BCUT2D eigenvalue weighted by molar-refractivity contribution is 0.299. The van der Waals surface area contributed by atoms with Crippen molar-refractivity contribution in [3.63, 3.8) is 0 Å².